The van der Waals surface area contributed by atoms with Gasteiger partial charge in [-0.25, -0.2) is 4.98 Å². The van der Waals surface area contributed by atoms with Crippen molar-refractivity contribution in [1.82, 2.24) is 9.36 Å². The summed E-state index contributed by atoms with van der Waals surface area (Å²) in [6, 6.07) is 0. The van der Waals surface area contributed by atoms with Gasteiger partial charge in [-0.05, 0) is 20.8 Å². The largest absolute Gasteiger partial charge is 0.359 e. The van der Waals surface area contributed by atoms with Crippen LogP contribution in [0.5, 0.6) is 0 Å². The van der Waals surface area contributed by atoms with Gasteiger partial charge in [-0.15, -0.1) is 0 Å². The first-order valence-corrected chi connectivity index (χ1v) is 8.16. The summed E-state index contributed by atoms with van der Waals surface area (Å²) >= 11 is 1.36. The lowest BCUT2D eigenvalue weighted by molar-refractivity contribution is 0.555. The van der Waals surface area contributed by atoms with Crippen LogP contribution in [0.1, 0.15) is 47.4 Å². The van der Waals surface area contributed by atoms with Gasteiger partial charge in [0.2, 0.25) is 5.13 Å². The van der Waals surface area contributed by atoms with Crippen LogP contribution in [0.2, 0.25) is 0 Å². The van der Waals surface area contributed by atoms with Gasteiger partial charge in [-0.3, -0.25) is 4.21 Å². The lowest BCUT2D eigenvalue weighted by Gasteiger charge is -2.17. The Bertz CT molecular complexity index is 416. The summed E-state index contributed by atoms with van der Waals surface area (Å²) in [4.78, 5) is 4.44. The molecule has 0 saturated heterocycles. The first-order chi connectivity index (χ1) is 8.10. The van der Waals surface area contributed by atoms with Crippen molar-refractivity contribution in [2.75, 3.05) is 17.6 Å². The maximum absolute atomic E-state index is 11.9. The topological polar surface area (TPSA) is 54.9 Å². The van der Waals surface area contributed by atoms with E-state index in [0.29, 0.717) is 12.3 Å². The van der Waals surface area contributed by atoms with Gasteiger partial charge in [0.05, 0.1) is 0 Å². The summed E-state index contributed by atoms with van der Waals surface area (Å²) in [6.45, 7) is 12.9. The normalized spacial score (nSPS) is 14.6. The van der Waals surface area contributed by atoms with Crippen molar-refractivity contribution in [3.8, 4) is 0 Å². The Morgan fingerprint density at radius 3 is 2.28 bits per heavy atom. The van der Waals surface area contributed by atoms with E-state index in [9.17, 15) is 4.21 Å². The molecule has 0 saturated carbocycles. The molecule has 18 heavy (non-hydrogen) atoms. The summed E-state index contributed by atoms with van der Waals surface area (Å²) in [5.41, 5.74) is -0.0232. The molecule has 104 valence electrons. The minimum absolute atomic E-state index is 0.0232. The number of anilines is 1. The molecule has 0 spiro atoms. The minimum Gasteiger partial charge on any atom is -0.359 e. The van der Waals surface area contributed by atoms with Crippen molar-refractivity contribution in [3.63, 3.8) is 0 Å². The molecule has 0 aliphatic heterocycles. The Hall–Kier alpha value is -0.490. The molecule has 1 heterocycles. The van der Waals surface area contributed by atoms with Crippen molar-refractivity contribution in [3.05, 3.63) is 5.82 Å². The van der Waals surface area contributed by atoms with Crippen LogP contribution in [-0.2, 0) is 16.2 Å². The summed E-state index contributed by atoms with van der Waals surface area (Å²) < 4.78 is 16.0. The van der Waals surface area contributed by atoms with E-state index in [2.05, 4.69) is 35.4 Å². The molecule has 1 rings (SSSR count). The molecule has 0 aliphatic carbocycles. The molecule has 1 aromatic rings. The predicted molar refractivity (Wildman–Crippen MR) is 79.9 cm³/mol. The van der Waals surface area contributed by atoms with Crippen LogP contribution in [0, 0.1) is 0 Å². The molecule has 0 aromatic carbocycles. The van der Waals surface area contributed by atoms with Gasteiger partial charge in [0, 0.05) is 44.8 Å². The smallest absolute Gasteiger partial charge is 0.202 e. The van der Waals surface area contributed by atoms with E-state index in [1.807, 2.05) is 20.8 Å². The molecule has 4 nitrogen and oxygen atoms in total. The van der Waals surface area contributed by atoms with E-state index < -0.39 is 10.8 Å². The Morgan fingerprint density at radius 1 is 1.22 bits per heavy atom. The van der Waals surface area contributed by atoms with Gasteiger partial charge in [0.1, 0.15) is 5.82 Å². The maximum Gasteiger partial charge on any atom is 0.202 e. The van der Waals surface area contributed by atoms with Gasteiger partial charge >= 0.3 is 0 Å². The third-order valence-corrected chi connectivity index (χ3v) is 4.96. The number of nitrogens with zero attached hydrogens (tertiary/aromatic N) is 2. The molecular formula is C12H23N3OS2. The van der Waals surface area contributed by atoms with E-state index in [1.165, 1.54) is 11.5 Å². The van der Waals surface area contributed by atoms with Gasteiger partial charge in [-0.1, -0.05) is 20.8 Å². The Labute approximate surface area is 116 Å². The number of nitrogens with one attached hydrogen (secondary N) is 1. The standard InChI is InChI=1S/C12H23N3OS2/c1-11(2,3)9-14-10(17-15-9)13-7-8-18(16)12(4,5)6/h7-8H2,1-6H3,(H,13,14,15)/t18-/m1/s1. The maximum atomic E-state index is 11.9. The summed E-state index contributed by atoms with van der Waals surface area (Å²) in [5.74, 6) is 1.49. The molecule has 6 heteroatoms. The second-order valence-corrected chi connectivity index (χ2v) is 9.34. The second-order valence-electron chi connectivity index (χ2n) is 6.26. The molecule has 0 amide bonds. The SMILES string of the molecule is CC(C)(C)c1nsc(NCC[S@@](=O)C(C)(C)C)n1. The molecule has 1 N–H and O–H groups in total. The van der Waals surface area contributed by atoms with Gasteiger partial charge in [-0.2, -0.15) is 4.37 Å². The quantitative estimate of drug-likeness (QED) is 0.926. The lowest BCUT2D eigenvalue weighted by atomic mass is 9.96. The third kappa shape index (κ3) is 4.65. The average Bonchev–Trinajstić information content (AvgIpc) is 2.64. The van der Waals surface area contributed by atoms with E-state index in [-0.39, 0.29) is 10.2 Å². The van der Waals surface area contributed by atoms with Gasteiger partial charge in [0.25, 0.3) is 0 Å². The number of aromatic nitrogens is 2. The fourth-order valence-corrected chi connectivity index (χ4v) is 2.84. The zero-order valence-electron chi connectivity index (χ0n) is 12.0. The Morgan fingerprint density at radius 2 is 1.83 bits per heavy atom. The van der Waals surface area contributed by atoms with E-state index >= 15 is 0 Å². The highest BCUT2D eigenvalue weighted by atomic mass is 32.2. The van der Waals surface area contributed by atoms with Crippen LogP contribution < -0.4 is 5.32 Å². The summed E-state index contributed by atoms with van der Waals surface area (Å²) in [7, 11) is -0.827. The molecule has 0 bridgehead atoms. The van der Waals surface area contributed by atoms with Crippen molar-refractivity contribution in [1.29, 1.82) is 0 Å². The highest BCUT2D eigenvalue weighted by Gasteiger charge is 2.20. The zero-order valence-corrected chi connectivity index (χ0v) is 13.7. The number of hydrogen-bond donors (Lipinski definition) is 1. The van der Waals surface area contributed by atoms with Gasteiger partial charge in [0.15, 0.2) is 0 Å². The van der Waals surface area contributed by atoms with Crippen LogP contribution in [0.25, 0.3) is 0 Å². The van der Waals surface area contributed by atoms with Crippen LogP contribution in [0.4, 0.5) is 5.13 Å². The van der Waals surface area contributed by atoms with Crippen LogP contribution >= 0.6 is 11.5 Å². The lowest BCUT2D eigenvalue weighted by Crippen LogP contribution is -2.27. The number of hydrogen-bond acceptors (Lipinski definition) is 5. The molecule has 1 aromatic heterocycles. The second kappa shape index (κ2) is 5.65. The Balaban J connectivity index is 2.46. The first-order valence-electron chi connectivity index (χ1n) is 6.07. The highest BCUT2D eigenvalue weighted by Crippen LogP contribution is 2.22. The molecular weight excluding hydrogens is 266 g/mol. The minimum atomic E-state index is -0.827. The fraction of sp³-hybridized carbons (Fsp3) is 0.833. The monoisotopic (exact) mass is 289 g/mol. The fourth-order valence-electron chi connectivity index (χ4n) is 1.16. The summed E-state index contributed by atoms with van der Waals surface area (Å²) in [6.07, 6.45) is 0. The average molecular weight is 289 g/mol. The molecule has 0 unspecified atom stereocenters. The Kier molecular flexibility index (Phi) is 4.89. The van der Waals surface area contributed by atoms with E-state index in [0.717, 1.165) is 11.0 Å². The van der Waals surface area contributed by atoms with Crippen molar-refractivity contribution < 1.29 is 4.21 Å². The predicted octanol–water partition coefficient (Wildman–Crippen LogP) is 2.79. The first kappa shape index (κ1) is 15.6. The van der Waals surface area contributed by atoms with Crippen molar-refractivity contribution >= 4 is 27.5 Å². The van der Waals surface area contributed by atoms with Crippen LogP contribution in [0.15, 0.2) is 0 Å². The summed E-state index contributed by atoms with van der Waals surface area (Å²) in [5, 5.41) is 4.00. The number of rotatable bonds is 4. The van der Waals surface area contributed by atoms with Crippen LogP contribution in [0.3, 0.4) is 0 Å². The molecule has 1 atom stereocenters. The van der Waals surface area contributed by atoms with E-state index in [1.54, 1.807) is 0 Å². The van der Waals surface area contributed by atoms with Crippen molar-refractivity contribution in [2.45, 2.75) is 51.7 Å². The third-order valence-electron chi connectivity index (χ3n) is 2.34. The van der Waals surface area contributed by atoms with E-state index in [4.69, 9.17) is 0 Å². The molecule has 0 aliphatic rings. The zero-order chi connectivity index (χ0) is 14.0. The molecule has 0 radical (unpaired) electrons. The van der Waals surface area contributed by atoms with Crippen LogP contribution in [-0.4, -0.2) is 30.6 Å². The van der Waals surface area contributed by atoms with Crippen molar-refractivity contribution in [2.24, 2.45) is 0 Å². The van der Waals surface area contributed by atoms with Gasteiger partial charge < -0.3 is 5.32 Å². The highest BCUT2D eigenvalue weighted by molar-refractivity contribution is 7.86. The molecule has 0 fully saturated rings.